The molecule has 4 rings (SSSR count). The maximum absolute atomic E-state index is 12.9. The lowest BCUT2D eigenvalue weighted by Gasteiger charge is -2.29. The number of rotatable bonds is 3. The van der Waals surface area contributed by atoms with E-state index in [0.717, 1.165) is 40.9 Å². The molecule has 25 heavy (non-hydrogen) atoms. The molecule has 0 fully saturated rings. The van der Waals surface area contributed by atoms with E-state index in [0.29, 0.717) is 13.0 Å². The van der Waals surface area contributed by atoms with Crippen molar-refractivity contribution in [3.63, 3.8) is 0 Å². The highest BCUT2D eigenvalue weighted by atomic mass is 16.5. The van der Waals surface area contributed by atoms with Gasteiger partial charge in [0.1, 0.15) is 5.75 Å². The molecule has 3 aromatic rings. The third-order valence-corrected chi connectivity index (χ3v) is 5.14. The second-order valence-corrected chi connectivity index (χ2v) is 6.65. The molecule has 0 saturated carbocycles. The number of fused-ring (bicyclic) bond motifs is 2. The molecule has 4 nitrogen and oxygen atoms in total. The second kappa shape index (κ2) is 6.28. The first kappa shape index (κ1) is 15.8. The Morgan fingerprint density at radius 1 is 1.20 bits per heavy atom. The predicted molar refractivity (Wildman–Crippen MR) is 98.9 cm³/mol. The average Bonchev–Trinajstić information content (AvgIpc) is 2.95. The maximum atomic E-state index is 12.9. The van der Waals surface area contributed by atoms with Gasteiger partial charge < -0.3 is 14.6 Å². The lowest BCUT2D eigenvalue weighted by atomic mass is 9.99. The Bertz CT molecular complexity index is 942. The van der Waals surface area contributed by atoms with E-state index in [9.17, 15) is 4.79 Å². The molecule has 0 spiro atoms. The monoisotopic (exact) mass is 334 g/mol. The number of ether oxygens (including phenoxy) is 1. The van der Waals surface area contributed by atoms with E-state index in [1.54, 1.807) is 7.11 Å². The van der Waals surface area contributed by atoms with E-state index in [1.807, 2.05) is 36.1 Å². The van der Waals surface area contributed by atoms with Crippen molar-refractivity contribution in [2.45, 2.75) is 26.3 Å². The topological polar surface area (TPSA) is 45.3 Å². The van der Waals surface area contributed by atoms with Crippen LogP contribution in [-0.2, 0) is 24.2 Å². The van der Waals surface area contributed by atoms with Crippen LogP contribution in [0.25, 0.3) is 10.9 Å². The van der Waals surface area contributed by atoms with Crippen molar-refractivity contribution in [1.82, 2.24) is 9.88 Å². The van der Waals surface area contributed by atoms with Crippen LogP contribution in [0, 0.1) is 6.92 Å². The van der Waals surface area contributed by atoms with E-state index in [1.165, 1.54) is 11.1 Å². The number of hydrogen-bond donors (Lipinski definition) is 1. The van der Waals surface area contributed by atoms with Gasteiger partial charge in [0.15, 0.2) is 0 Å². The third-order valence-electron chi connectivity index (χ3n) is 5.14. The number of carbonyl (C=O) groups is 1. The Labute approximate surface area is 147 Å². The van der Waals surface area contributed by atoms with Crippen LogP contribution >= 0.6 is 0 Å². The number of aromatic amines is 1. The fourth-order valence-corrected chi connectivity index (χ4v) is 3.69. The highest BCUT2D eigenvalue weighted by molar-refractivity contribution is 5.91. The lowest BCUT2D eigenvalue weighted by Crippen LogP contribution is -2.36. The molecular formula is C21H22N2O2. The van der Waals surface area contributed by atoms with Gasteiger partial charge in [-0.3, -0.25) is 4.79 Å². The molecular weight excluding hydrogens is 312 g/mol. The van der Waals surface area contributed by atoms with Gasteiger partial charge in [0.25, 0.3) is 0 Å². The maximum Gasteiger partial charge on any atom is 0.227 e. The molecule has 128 valence electrons. The summed E-state index contributed by atoms with van der Waals surface area (Å²) < 4.78 is 5.34. The van der Waals surface area contributed by atoms with Gasteiger partial charge in [0, 0.05) is 29.7 Å². The molecule has 0 aliphatic carbocycles. The van der Waals surface area contributed by atoms with Crippen molar-refractivity contribution in [3.05, 3.63) is 64.8 Å². The number of carbonyl (C=O) groups excluding carboxylic acids is 1. The molecule has 1 aromatic heterocycles. The number of hydrogen-bond acceptors (Lipinski definition) is 2. The summed E-state index contributed by atoms with van der Waals surface area (Å²) in [5, 5.41) is 1.07. The van der Waals surface area contributed by atoms with Gasteiger partial charge >= 0.3 is 0 Å². The fourth-order valence-electron chi connectivity index (χ4n) is 3.69. The number of benzene rings is 2. The predicted octanol–water partition coefficient (Wildman–Crippen LogP) is 3.61. The highest BCUT2D eigenvalue weighted by Crippen LogP contribution is 2.28. The van der Waals surface area contributed by atoms with E-state index in [2.05, 4.69) is 23.2 Å². The van der Waals surface area contributed by atoms with E-state index in [-0.39, 0.29) is 5.91 Å². The summed E-state index contributed by atoms with van der Waals surface area (Å²) in [4.78, 5) is 18.3. The first-order chi connectivity index (χ1) is 12.2. The molecule has 0 atom stereocenters. The summed E-state index contributed by atoms with van der Waals surface area (Å²) >= 11 is 0. The average molecular weight is 334 g/mol. The van der Waals surface area contributed by atoms with Gasteiger partial charge in [-0.05, 0) is 48.2 Å². The SMILES string of the molecule is COc1ccc2[nH]c(C)c(CC(=O)N3CCc4ccccc4C3)c2c1. The summed E-state index contributed by atoms with van der Waals surface area (Å²) in [6.07, 6.45) is 1.35. The van der Waals surface area contributed by atoms with Crippen LogP contribution < -0.4 is 4.74 Å². The second-order valence-electron chi connectivity index (χ2n) is 6.65. The Morgan fingerprint density at radius 2 is 2.00 bits per heavy atom. The molecule has 0 radical (unpaired) electrons. The summed E-state index contributed by atoms with van der Waals surface area (Å²) in [6, 6.07) is 14.3. The number of nitrogens with zero attached hydrogens (tertiary/aromatic N) is 1. The molecule has 0 unspecified atom stereocenters. The van der Waals surface area contributed by atoms with Crippen LogP contribution in [0.5, 0.6) is 5.75 Å². The molecule has 2 heterocycles. The zero-order valence-corrected chi connectivity index (χ0v) is 14.6. The Hall–Kier alpha value is -2.75. The van der Waals surface area contributed by atoms with Crippen LogP contribution in [0.4, 0.5) is 0 Å². The summed E-state index contributed by atoms with van der Waals surface area (Å²) in [5.41, 5.74) is 5.79. The van der Waals surface area contributed by atoms with Crippen LogP contribution in [0.15, 0.2) is 42.5 Å². The smallest absolute Gasteiger partial charge is 0.227 e. The van der Waals surface area contributed by atoms with E-state index < -0.39 is 0 Å². The van der Waals surface area contributed by atoms with Gasteiger partial charge in [-0.15, -0.1) is 0 Å². The van der Waals surface area contributed by atoms with Crippen molar-refractivity contribution >= 4 is 16.8 Å². The van der Waals surface area contributed by atoms with Gasteiger partial charge in [-0.25, -0.2) is 0 Å². The zero-order chi connectivity index (χ0) is 17.4. The van der Waals surface area contributed by atoms with Crippen molar-refractivity contribution in [2.24, 2.45) is 0 Å². The summed E-state index contributed by atoms with van der Waals surface area (Å²) in [6.45, 7) is 3.53. The standard InChI is InChI=1S/C21H22N2O2/c1-14-18(19-11-17(25-2)7-8-20(19)22-14)12-21(24)23-10-9-15-5-3-4-6-16(15)13-23/h3-8,11,22H,9-10,12-13H2,1-2H3. The van der Waals surface area contributed by atoms with Crippen LogP contribution in [0.1, 0.15) is 22.4 Å². The first-order valence-corrected chi connectivity index (χ1v) is 8.65. The number of nitrogens with one attached hydrogen (secondary N) is 1. The van der Waals surface area contributed by atoms with Gasteiger partial charge in [-0.2, -0.15) is 0 Å². The number of H-pyrrole nitrogens is 1. The number of aromatic nitrogens is 1. The number of aryl methyl sites for hydroxylation is 1. The van der Waals surface area contributed by atoms with Crippen LogP contribution in [0.3, 0.4) is 0 Å². The zero-order valence-electron chi connectivity index (χ0n) is 14.6. The minimum absolute atomic E-state index is 0.182. The van der Waals surface area contributed by atoms with Crippen molar-refractivity contribution in [2.75, 3.05) is 13.7 Å². The molecule has 0 saturated heterocycles. The van der Waals surface area contributed by atoms with Crippen molar-refractivity contribution in [3.8, 4) is 5.75 Å². The molecule has 1 aliphatic rings. The highest BCUT2D eigenvalue weighted by Gasteiger charge is 2.22. The molecule has 1 aliphatic heterocycles. The summed E-state index contributed by atoms with van der Waals surface area (Å²) in [5.74, 6) is 0.994. The van der Waals surface area contributed by atoms with Gasteiger partial charge in [0.05, 0.1) is 13.5 Å². The molecule has 4 heteroatoms. The van der Waals surface area contributed by atoms with Crippen molar-refractivity contribution < 1.29 is 9.53 Å². The van der Waals surface area contributed by atoms with E-state index in [4.69, 9.17) is 4.74 Å². The number of methoxy groups -OCH3 is 1. The largest absolute Gasteiger partial charge is 0.497 e. The minimum atomic E-state index is 0.182. The Kier molecular flexibility index (Phi) is 3.96. The number of amides is 1. The third kappa shape index (κ3) is 2.88. The normalized spacial score (nSPS) is 13.8. The quantitative estimate of drug-likeness (QED) is 0.795. The molecule has 0 bridgehead atoms. The molecule has 2 aromatic carbocycles. The van der Waals surface area contributed by atoms with Crippen LogP contribution in [0.2, 0.25) is 0 Å². The Morgan fingerprint density at radius 3 is 2.80 bits per heavy atom. The van der Waals surface area contributed by atoms with E-state index >= 15 is 0 Å². The lowest BCUT2D eigenvalue weighted by molar-refractivity contribution is -0.131. The summed E-state index contributed by atoms with van der Waals surface area (Å²) in [7, 11) is 1.66. The molecule has 1 N–H and O–H groups in total. The molecule has 1 amide bonds. The van der Waals surface area contributed by atoms with Gasteiger partial charge in [0.2, 0.25) is 5.91 Å². The van der Waals surface area contributed by atoms with Crippen molar-refractivity contribution in [1.29, 1.82) is 0 Å². The fraction of sp³-hybridized carbons (Fsp3) is 0.286. The Balaban J connectivity index is 1.59. The first-order valence-electron chi connectivity index (χ1n) is 8.65. The van der Waals surface area contributed by atoms with Crippen LogP contribution in [-0.4, -0.2) is 29.4 Å². The van der Waals surface area contributed by atoms with Gasteiger partial charge in [-0.1, -0.05) is 24.3 Å². The minimum Gasteiger partial charge on any atom is -0.497 e.